The summed E-state index contributed by atoms with van der Waals surface area (Å²) in [5.41, 5.74) is 6.90. The molecule has 2 aromatic rings. The molecule has 0 atom stereocenters. The number of primary amides is 1. The van der Waals surface area contributed by atoms with E-state index in [1.165, 1.54) is 37.0 Å². The molecule has 132 valence electrons. The van der Waals surface area contributed by atoms with Crippen molar-refractivity contribution in [1.82, 2.24) is 0 Å². The fraction of sp³-hybridized carbons (Fsp3) is 0.400. The molecule has 1 aliphatic rings. The molecule has 0 unspecified atom stereocenters. The summed E-state index contributed by atoms with van der Waals surface area (Å²) in [7, 11) is 0. The maximum absolute atomic E-state index is 12.5. The van der Waals surface area contributed by atoms with E-state index in [1.54, 1.807) is 6.07 Å². The Bertz CT molecular complexity index is 731. The third kappa shape index (κ3) is 4.69. The van der Waals surface area contributed by atoms with Crippen molar-refractivity contribution < 1.29 is 9.59 Å². The average molecular weight is 356 g/mol. The Hall–Kier alpha value is -2.14. The van der Waals surface area contributed by atoms with Crippen LogP contribution in [0.1, 0.15) is 55.3 Å². The van der Waals surface area contributed by atoms with Crippen LogP contribution in [0.4, 0.5) is 5.00 Å². The van der Waals surface area contributed by atoms with E-state index < -0.39 is 5.91 Å². The molecule has 4 nitrogen and oxygen atoms in total. The number of anilines is 1. The number of rotatable bonds is 5. The van der Waals surface area contributed by atoms with Crippen molar-refractivity contribution >= 4 is 28.2 Å². The van der Waals surface area contributed by atoms with Gasteiger partial charge in [-0.2, -0.15) is 0 Å². The minimum absolute atomic E-state index is 0.0177. The molecule has 1 aromatic heterocycles. The van der Waals surface area contributed by atoms with Crippen LogP contribution in [0.3, 0.4) is 0 Å². The Morgan fingerprint density at radius 1 is 1.08 bits per heavy atom. The number of carbonyl (C=O) groups excluding carboxylic acids is 2. The van der Waals surface area contributed by atoms with Gasteiger partial charge >= 0.3 is 0 Å². The Balaban J connectivity index is 1.73. The van der Waals surface area contributed by atoms with Gasteiger partial charge in [-0.05, 0) is 30.4 Å². The molecule has 1 fully saturated rings. The van der Waals surface area contributed by atoms with Gasteiger partial charge in [-0.25, -0.2) is 0 Å². The zero-order valence-corrected chi connectivity index (χ0v) is 15.1. The SMILES string of the molecule is NC(=O)c1cc(-c2ccccc2)sc1NC(=O)CC1CCCCCC1. The highest BCUT2D eigenvalue weighted by atomic mass is 32.1. The van der Waals surface area contributed by atoms with Crippen molar-refractivity contribution in [3.05, 3.63) is 42.0 Å². The first-order valence-corrected chi connectivity index (χ1v) is 9.74. The molecule has 1 saturated carbocycles. The standard InChI is InChI=1S/C20H24N2O2S/c21-19(24)16-13-17(15-10-6-3-7-11-15)25-20(16)22-18(23)12-14-8-4-1-2-5-9-14/h3,6-7,10-11,13-14H,1-2,4-5,8-9,12H2,(H2,21,24)(H,22,23). The van der Waals surface area contributed by atoms with Gasteiger partial charge in [0.1, 0.15) is 5.00 Å². The molecule has 0 aliphatic heterocycles. The van der Waals surface area contributed by atoms with E-state index in [0.29, 0.717) is 22.9 Å². The number of benzene rings is 1. The molecule has 1 aromatic carbocycles. The Labute approximate surface area is 152 Å². The predicted molar refractivity (Wildman–Crippen MR) is 103 cm³/mol. The average Bonchev–Trinajstić information content (AvgIpc) is 2.85. The summed E-state index contributed by atoms with van der Waals surface area (Å²) in [5, 5.41) is 3.49. The summed E-state index contributed by atoms with van der Waals surface area (Å²) in [5.74, 6) is -0.0767. The van der Waals surface area contributed by atoms with Crippen LogP contribution in [0.15, 0.2) is 36.4 Å². The van der Waals surface area contributed by atoms with E-state index in [1.807, 2.05) is 30.3 Å². The number of hydrogen-bond acceptors (Lipinski definition) is 3. The largest absolute Gasteiger partial charge is 0.366 e. The number of amides is 2. The summed E-state index contributed by atoms with van der Waals surface area (Å²) < 4.78 is 0. The fourth-order valence-electron chi connectivity index (χ4n) is 3.42. The maximum Gasteiger partial charge on any atom is 0.251 e. The quantitative estimate of drug-likeness (QED) is 0.754. The molecule has 25 heavy (non-hydrogen) atoms. The fourth-order valence-corrected chi connectivity index (χ4v) is 4.50. The lowest BCUT2D eigenvalue weighted by Crippen LogP contribution is -2.18. The summed E-state index contributed by atoms with van der Waals surface area (Å²) >= 11 is 1.40. The monoisotopic (exact) mass is 356 g/mol. The molecule has 3 N–H and O–H groups in total. The van der Waals surface area contributed by atoms with Crippen molar-refractivity contribution in [3.8, 4) is 10.4 Å². The molecule has 1 aliphatic carbocycles. The summed E-state index contributed by atoms with van der Waals surface area (Å²) in [4.78, 5) is 25.1. The number of nitrogens with one attached hydrogen (secondary N) is 1. The van der Waals surface area contributed by atoms with Crippen LogP contribution >= 0.6 is 11.3 Å². The number of nitrogens with two attached hydrogens (primary N) is 1. The summed E-state index contributed by atoms with van der Waals surface area (Å²) in [6, 6.07) is 11.6. The van der Waals surface area contributed by atoms with E-state index in [2.05, 4.69) is 5.32 Å². The third-order valence-electron chi connectivity index (χ3n) is 4.76. The highest BCUT2D eigenvalue weighted by Gasteiger charge is 2.20. The van der Waals surface area contributed by atoms with Crippen LogP contribution in [0.5, 0.6) is 0 Å². The van der Waals surface area contributed by atoms with Gasteiger partial charge in [0, 0.05) is 11.3 Å². The van der Waals surface area contributed by atoms with Crippen LogP contribution in [0, 0.1) is 5.92 Å². The normalized spacial score (nSPS) is 15.5. The molecular formula is C20H24N2O2S. The van der Waals surface area contributed by atoms with E-state index in [-0.39, 0.29) is 5.91 Å². The number of carbonyl (C=O) groups is 2. The van der Waals surface area contributed by atoms with E-state index in [9.17, 15) is 9.59 Å². The smallest absolute Gasteiger partial charge is 0.251 e. The molecule has 0 radical (unpaired) electrons. The molecule has 0 saturated heterocycles. The Kier molecular flexibility index (Phi) is 5.87. The zero-order valence-electron chi connectivity index (χ0n) is 14.3. The Morgan fingerprint density at radius 3 is 2.40 bits per heavy atom. The van der Waals surface area contributed by atoms with Crippen molar-refractivity contribution in [2.45, 2.75) is 44.9 Å². The molecule has 5 heteroatoms. The van der Waals surface area contributed by atoms with Crippen molar-refractivity contribution in [1.29, 1.82) is 0 Å². The van der Waals surface area contributed by atoms with Crippen LogP contribution in [0.2, 0.25) is 0 Å². The van der Waals surface area contributed by atoms with Gasteiger partial charge in [0.25, 0.3) is 5.91 Å². The predicted octanol–water partition coefficient (Wildman–Crippen LogP) is 4.81. The van der Waals surface area contributed by atoms with Crippen LogP contribution < -0.4 is 11.1 Å². The second-order valence-corrected chi connectivity index (χ2v) is 7.75. The highest BCUT2D eigenvalue weighted by Crippen LogP contribution is 2.35. The van der Waals surface area contributed by atoms with Gasteiger partial charge in [-0.3, -0.25) is 9.59 Å². The van der Waals surface area contributed by atoms with Crippen LogP contribution in [-0.4, -0.2) is 11.8 Å². The molecule has 3 rings (SSSR count). The third-order valence-corrected chi connectivity index (χ3v) is 5.86. The molecular weight excluding hydrogens is 332 g/mol. The van der Waals surface area contributed by atoms with Crippen LogP contribution in [0.25, 0.3) is 10.4 Å². The lowest BCUT2D eigenvalue weighted by Gasteiger charge is -2.13. The lowest BCUT2D eigenvalue weighted by atomic mass is 9.96. The van der Waals surface area contributed by atoms with Crippen molar-refractivity contribution in [2.75, 3.05) is 5.32 Å². The van der Waals surface area contributed by atoms with Gasteiger partial charge < -0.3 is 11.1 Å². The van der Waals surface area contributed by atoms with Crippen molar-refractivity contribution in [3.63, 3.8) is 0 Å². The first-order valence-electron chi connectivity index (χ1n) is 8.92. The van der Waals surface area contributed by atoms with Gasteiger partial charge in [-0.1, -0.05) is 56.0 Å². The van der Waals surface area contributed by atoms with Crippen molar-refractivity contribution in [2.24, 2.45) is 11.7 Å². The molecule has 1 heterocycles. The maximum atomic E-state index is 12.5. The molecule has 0 spiro atoms. The Morgan fingerprint density at radius 2 is 1.76 bits per heavy atom. The van der Waals surface area contributed by atoms with E-state index in [0.717, 1.165) is 23.3 Å². The number of thiophene rings is 1. The van der Waals surface area contributed by atoms with Crippen LogP contribution in [-0.2, 0) is 4.79 Å². The van der Waals surface area contributed by atoms with E-state index >= 15 is 0 Å². The number of hydrogen-bond donors (Lipinski definition) is 2. The minimum Gasteiger partial charge on any atom is -0.366 e. The van der Waals surface area contributed by atoms with Gasteiger partial charge in [0.2, 0.25) is 5.91 Å². The first-order chi connectivity index (χ1) is 12.1. The first kappa shape index (κ1) is 17.7. The second kappa shape index (κ2) is 8.30. The zero-order chi connectivity index (χ0) is 17.6. The summed E-state index contributed by atoms with van der Waals surface area (Å²) in [6.07, 6.45) is 7.73. The minimum atomic E-state index is -0.511. The van der Waals surface area contributed by atoms with E-state index in [4.69, 9.17) is 5.73 Å². The van der Waals surface area contributed by atoms with Gasteiger partial charge in [0.05, 0.1) is 5.56 Å². The lowest BCUT2D eigenvalue weighted by molar-refractivity contribution is -0.117. The summed E-state index contributed by atoms with van der Waals surface area (Å²) in [6.45, 7) is 0. The van der Waals surface area contributed by atoms with Gasteiger partial charge in [0.15, 0.2) is 0 Å². The van der Waals surface area contributed by atoms with Gasteiger partial charge in [-0.15, -0.1) is 11.3 Å². The molecule has 2 amide bonds. The second-order valence-electron chi connectivity index (χ2n) is 6.69. The highest BCUT2D eigenvalue weighted by molar-refractivity contribution is 7.20. The topological polar surface area (TPSA) is 72.2 Å². The molecule has 0 bridgehead atoms.